The van der Waals surface area contributed by atoms with E-state index in [1.165, 1.54) is 12.5 Å². The van der Waals surface area contributed by atoms with E-state index in [0.717, 1.165) is 0 Å². The summed E-state index contributed by atoms with van der Waals surface area (Å²) in [6.07, 6.45) is 7.91. The van der Waals surface area contributed by atoms with E-state index in [0.29, 0.717) is 0 Å². The van der Waals surface area contributed by atoms with E-state index in [1.807, 2.05) is 5.25 Å². The molecule has 0 bridgehead atoms. The highest BCUT2D eigenvalue weighted by molar-refractivity contribution is 8.76. The summed E-state index contributed by atoms with van der Waals surface area (Å²) < 4.78 is 21.8. The summed E-state index contributed by atoms with van der Waals surface area (Å²) in [5.41, 5.74) is 0. The predicted octanol–water partition coefficient (Wildman–Crippen LogP) is 0.483. The molecule has 0 aliphatic heterocycles. The molecule has 0 aliphatic carbocycles. The molecular weight excluding hydrogens is 231 g/mol. The van der Waals surface area contributed by atoms with Gasteiger partial charge in [0, 0.05) is 5.75 Å². The van der Waals surface area contributed by atoms with Crippen molar-refractivity contribution in [1.29, 1.82) is 0 Å². The molecule has 0 fully saturated rings. The Hall–Kier alpha value is 0.210. The molecule has 0 aromatic carbocycles. The molecule has 0 saturated carbocycles. The number of rotatable bonds is 4. The van der Waals surface area contributed by atoms with Crippen LogP contribution in [0.2, 0.25) is 0 Å². The van der Waals surface area contributed by atoms with E-state index in [-0.39, 0.29) is 11.5 Å². The summed E-state index contributed by atoms with van der Waals surface area (Å²) in [6, 6.07) is 0. The van der Waals surface area contributed by atoms with Gasteiger partial charge in [0.1, 0.15) is 0 Å². The highest BCUT2D eigenvalue weighted by Crippen LogP contribution is 2.72. The number of hydrogen-bond acceptors (Lipinski definition) is 2. The maximum atomic E-state index is 10.9. The lowest BCUT2D eigenvalue weighted by molar-refractivity contribution is 0.395. The fourth-order valence-corrected chi connectivity index (χ4v) is 4.43. The van der Waals surface area contributed by atoms with E-state index in [2.05, 4.69) is 0 Å². The van der Waals surface area contributed by atoms with E-state index in [1.54, 1.807) is 0 Å². The maximum Gasteiger partial charge on any atom is 0.366 e. The predicted molar refractivity (Wildman–Crippen MR) is 58.2 cm³/mol. The van der Waals surface area contributed by atoms with Crippen molar-refractivity contribution in [2.24, 2.45) is 0 Å². The monoisotopic (exact) mass is 244 g/mol. The van der Waals surface area contributed by atoms with Gasteiger partial charge in [0.25, 0.3) is 0 Å². The summed E-state index contributed by atoms with van der Waals surface area (Å²) in [4.78, 5) is 17.9. The zero-order valence-electron chi connectivity index (χ0n) is 7.47. The fraction of sp³-hybridized carbons (Fsp3) is 0.667. The van der Waals surface area contributed by atoms with Crippen molar-refractivity contribution in [2.45, 2.75) is 0 Å². The Labute approximate surface area is 81.8 Å². The summed E-state index contributed by atoms with van der Waals surface area (Å²) in [5.74, 6) is 0.387. The van der Waals surface area contributed by atoms with Gasteiger partial charge in [0.05, 0.1) is 10.8 Å². The molecule has 7 heteroatoms. The lowest BCUT2D eigenvalue weighted by Crippen LogP contribution is -2.08. The number of hydrogen-bond donors (Lipinski definition) is 2. The van der Waals surface area contributed by atoms with Gasteiger partial charge >= 0.3 is 6.80 Å². The molecule has 0 radical (unpaired) electrons. The standard InChI is InChI=1S/C6H13O4PS2/c1-4-12(10)5-6-13(2,3)11(7,8)9/h1H,5-6H2,2-3H3,(H2,7,8,9). The third-order valence-electron chi connectivity index (χ3n) is 1.54. The summed E-state index contributed by atoms with van der Waals surface area (Å²) in [7, 11) is -3.43. The van der Waals surface area contributed by atoms with Gasteiger partial charge in [0.15, 0.2) is 0 Å². The molecule has 1 atom stereocenters. The zero-order chi connectivity index (χ0) is 10.7. The van der Waals surface area contributed by atoms with Gasteiger partial charge in [-0.05, 0) is 23.5 Å². The Kier molecular flexibility index (Phi) is 4.70. The topological polar surface area (TPSA) is 74.6 Å². The van der Waals surface area contributed by atoms with Crippen molar-refractivity contribution in [2.75, 3.05) is 24.0 Å². The van der Waals surface area contributed by atoms with Crippen LogP contribution in [0.4, 0.5) is 0 Å². The van der Waals surface area contributed by atoms with Crippen molar-refractivity contribution in [3.05, 3.63) is 0 Å². The highest BCUT2D eigenvalue weighted by atomic mass is 32.8. The number of terminal acetylenes is 1. The smallest absolute Gasteiger partial charge is 0.318 e. The van der Waals surface area contributed by atoms with Crippen LogP contribution in [0.15, 0.2) is 0 Å². The minimum atomic E-state index is -4.06. The Morgan fingerprint density at radius 3 is 2.31 bits per heavy atom. The van der Waals surface area contributed by atoms with Crippen molar-refractivity contribution in [1.82, 2.24) is 0 Å². The molecule has 0 amide bonds. The molecule has 0 spiro atoms. The van der Waals surface area contributed by atoms with Crippen molar-refractivity contribution >= 4 is 27.2 Å². The first-order valence-corrected chi connectivity index (χ1v) is 9.47. The van der Waals surface area contributed by atoms with Crippen LogP contribution in [-0.2, 0) is 15.4 Å². The second-order valence-electron chi connectivity index (χ2n) is 2.84. The molecule has 0 aromatic rings. The van der Waals surface area contributed by atoms with Gasteiger partial charge in [0.2, 0.25) is 0 Å². The summed E-state index contributed by atoms with van der Waals surface area (Å²) in [6.45, 7) is -4.06. The molecule has 0 rings (SSSR count). The molecule has 4 nitrogen and oxygen atoms in total. The molecule has 78 valence electrons. The summed E-state index contributed by atoms with van der Waals surface area (Å²) in [5, 5.41) is 2.02. The maximum absolute atomic E-state index is 10.9. The first-order valence-electron chi connectivity index (χ1n) is 3.32. The van der Waals surface area contributed by atoms with Crippen LogP contribution in [-0.4, -0.2) is 38.0 Å². The fourth-order valence-electron chi connectivity index (χ4n) is 0.457. The van der Waals surface area contributed by atoms with Crippen LogP contribution >= 0.6 is 16.4 Å². The first kappa shape index (κ1) is 13.2. The second kappa shape index (κ2) is 4.63. The Balaban J connectivity index is 4.31. The molecule has 0 heterocycles. The normalized spacial score (nSPS) is 16.2. The van der Waals surface area contributed by atoms with E-state index < -0.39 is 27.2 Å². The van der Waals surface area contributed by atoms with Gasteiger partial charge in [-0.25, -0.2) is 8.77 Å². The van der Waals surface area contributed by atoms with Crippen LogP contribution in [0.3, 0.4) is 0 Å². The Bertz CT molecular complexity index is 287. The van der Waals surface area contributed by atoms with E-state index in [9.17, 15) is 8.77 Å². The van der Waals surface area contributed by atoms with Gasteiger partial charge in [-0.1, -0.05) is 0 Å². The lowest BCUT2D eigenvalue weighted by Gasteiger charge is -2.30. The molecular formula is C6H13O4PS2. The van der Waals surface area contributed by atoms with Gasteiger partial charge in [-0.2, -0.15) is 0 Å². The molecule has 0 aromatic heterocycles. The van der Waals surface area contributed by atoms with Crippen molar-refractivity contribution < 1.29 is 18.6 Å². The molecule has 0 saturated heterocycles. The minimum absolute atomic E-state index is 0.157. The minimum Gasteiger partial charge on any atom is -0.318 e. The van der Waals surface area contributed by atoms with Crippen LogP contribution in [0.1, 0.15) is 0 Å². The van der Waals surface area contributed by atoms with Crippen LogP contribution in [0, 0.1) is 11.7 Å². The largest absolute Gasteiger partial charge is 0.366 e. The molecule has 1 unspecified atom stereocenters. The van der Waals surface area contributed by atoms with Gasteiger partial charge in [-0.15, -0.1) is 16.1 Å². The van der Waals surface area contributed by atoms with Crippen LogP contribution in [0.25, 0.3) is 0 Å². The third kappa shape index (κ3) is 4.30. The first-order chi connectivity index (χ1) is 5.70. The average molecular weight is 244 g/mol. The van der Waals surface area contributed by atoms with E-state index >= 15 is 0 Å². The molecule has 2 N–H and O–H groups in total. The van der Waals surface area contributed by atoms with Crippen LogP contribution in [0.5, 0.6) is 0 Å². The molecule has 13 heavy (non-hydrogen) atoms. The van der Waals surface area contributed by atoms with Gasteiger partial charge < -0.3 is 9.79 Å². The summed E-state index contributed by atoms with van der Waals surface area (Å²) >= 11 is 0. The lowest BCUT2D eigenvalue weighted by atomic mass is 11.0. The van der Waals surface area contributed by atoms with Crippen LogP contribution < -0.4 is 0 Å². The third-order valence-corrected chi connectivity index (χ3v) is 9.54. The van der Waals surface area contributed by atoms with Gasteiger partial charge in [-0.3, -0.25) is 0 Å². The highest BCUT2D eigenvalue weighted by Gasteiger charge is 2.32. The zero-order valence-corrected chi connectivity index (χ0v) is 9.99. The Morgan fingerprint density at radius 1 is 1.54 bits per heavy atom. The van der Waals surface area contributed by atoms with E-state index in [4.69, 9.17) is 16.2 Å². The Morgan fingerprint density at radius 2 is 2.00 bits per heavy atom. The average Bonchev–Trinajstić information content (AvgIpc) is 1.98. The quantitative estimate of drug-likeness (QED) is 0.557. The second-order valence-corrected chi connectivity index (χ2v) is 12.9. The van der Waals surface area contributed by atoms with Crippen molar-refractivity contribution in [3.63, 3.8) is 0 Å². The van der Waals surface area contributed by atoms with Crippen molar-refractivity contribution in [3.8, 4) is 11.7 Å². The molecule has 0 aliphatic rings. The SMILES string of the molecule is C#CS(=O)CCS(C)(C)P(=O)(O)O.